The van der Waals surface area contributed by atoms with Crippen molar-refractivity contribution in [2.24, 2.45) is 0 Å². The Bertz CT molecular complexity index is 666. The van der Waals surface area contributed by atoms with Gasteiger partial charge in [-0.05, 0) is 24.6 Å². The average Bonchev–Trinajstić information content (AvgIpc) is 2.53. The molecule has 0 spiro atoms. The predicted octanol–water partition coefficient (Wildman–Crippen LogP) is 5.91. The zero-order valence-electron chi connectivity index (χ0n) is 13.9. The van der Waals surface area contributed by atoms with Crippen molar-refractivity contribution in [3.8, 4) is 0 Å². The standard InChI is InChI=1S/C19H26ClNO2/c1-2-3-4-5-6-7-8-9-10-11-18-21-17-14-15(20)12-13-16(17)19(22)23-18/h12-14H,2-11H2,1H3. The lowest BCUT2D eigenvalue weighted by molar-refractivity contribution is 0.433. The summed E-state index contributed by atoms with van der Waals surface area (Å²) in [6.45, 7) is 2.24. The number of halogens is 1. The second kappa shape index (κ2) is 9.71. The van der Waals surface area contributed by atoms with Crippen LogP contribution < -0.4 is 5.63 Å². The maximum atomic E-state index is 11.9. The van der Waals surface area contributed by atoms with Gasteiger partial charge in [0, 0.05) is 11.4 Å². The van der Waals surface area contributed by atoms with Gasteiger partial charge in [-0.3, -0.25) is 0 Å². The van der Waals surface area contributed by atoms with E-state index in [1.807, 2.05) is 0 Å². The average molecular weight is 336 g/mol. The van der Waals surface area contributed by atoms with Gasteiger partial charge in [0.25, 0.3) is 0 Å². The topological polar surface area (TPSA) is 43.1 Å². The molecule has 0 fully saturated rings. The van der Waals surface area contributed by atoms with E-state index in [0.29, 0.717) is 28.2 Å². The first-order valence-electron chi connectivity index (χ1n) is 8.80. The van der Waals surface area contributed by atoms with Crippen molar-refractivity contribution in [1.29, 1.82) is 0 Å². The maximum Gasteiger partial charge on any atom is 0.346 e. The fourth-order valence-corrected chi connectivity index (χ4v) is 2.95. The fourth-order valence-electron chi connectivity index (χ4n) is 2.78. The van der Waals surface area contributed by atoms with E-state index in [2.05, 4.69) is 11.9 Å². The van der Waals surface area contributed by atoms with Crippen molar-refractivity contribution >= 4 is 22.5 Å². The number of rotatable bonds is 10. The molecule has 0 bridgehead atoms. The normalized spacial score (nSPS) is 11.2. The Morgan fingerprint density at radius 3 is 2.35 bits per heavy atom. The zero-order chi connectivity index (χ0) is 16.5. The van der Waals surface area contributed by atoms with Crippen molar-refractivity contribution in [3.05, 3.63) is 39.5 Å². The third kappa shape index (κ3) is 5.98. The lowest BCUT2D eigenvalue weighted by atomic mass is 10.1. The lowest BCUT2D eigenvalue weighted by Crippen LogP contribution is -2.05. The fraction of sp³-hybridized carbons (Fsp3) is 0.579. The summed E-state index contributed by atoms with van der Waals surface area (Å²) < 4.78 is 5.29. The molecule has 1 aromatic carbocycles. The third-order valence-corrected chi connectivity index (χ3v) is 4.36. The van der Waals surface area contributed by atoms with Crippen LogP contribution >= 0.6 is 11.6 Å². The van der Waals surface area contributed by atoms with Gasteiger partial charge in [-0.2, -0.15) is 0 Å². The highest BCUT2D eigenvalue weighted by Gasteiger charge is 2.06. The van der Waals surface area contributed by atoms with E-state index < -0.39 is 0 Å². The molecule has 0 saturated carbocycles. The summed E-state index contributed by atoms with van der Waals surface area (Å²) in [5, 5.41) is 1.08. The molecular weight excluding hydrogens is 310 g/mol. The van der Waals surface area contributed by atoms with Gasteiger partial charge in [0.05, 0.1) is 10.9 Å². The number of aryl methyl sites for hydroxylation is 1. The molecule has 4 heteroatoms. The van der Waals surface area contributed by atoms with Crippen LogP contribution in [0.5, 0.6) is 0 Å². The van der Waals surface area contributed by atoms with Gasteiger partial charge in [0.1, 0.15) is 0 Å². The van der Waals surface area contributed by atoms with Gasteiger partial charge in [-0.25, -0.2) is 9.78 Å². The number of benzene rings is 1. The van der Waals surface area contributed by atoms with Crippen LogP contribution in [0.4, 0.5) is 0 Å². The summed E-state index contributed by atoms with van der Waals surface area (Å²) in [5.41, 5.74) is 0.303. The summed E-state index contributed by atoms with van der Waals surface area (Å²) in [7, 11) is 0. The maximum absolute atomic E-state index is 11.9. The molecule has 2 aromatic rings. The van der Waals surface area contributed by atoms with Gasteiger partial charge in [0.15, 0.2) is 5.89 Å². The van der Waals surface area contributed by atoms with Crippen LogP contribution in [-0.2, 0) is 6.42 Å². The van der Waals surface area contributed by atoms with Gasteiger partial charge in [-0.15, -0.1) is 0 Å². The molecular formula is C19H26ClNO2. The Morgan fingerprint density at radius 1 is 1.00 bits per heavy atom. The van der Waals surface area contributed by atoms with Crippen LogP contribution in [0.2, 0.25) is 5.02 Å². The third-order valence-electron chi connectivity index (χ3n) is 4.13. The molecule has 0 unspecified atom stereocenters. The molecule has 0 N–H and O–H groups in total. The van der Waals surface area contributed by atoms with Crippen molar-refractivity contribution in [1.82, 2.24) is 4.98 Å². The first-order chi connectivity index (χ1) is 11.2. The van der Waals surface area contributed by atoms with E-state index in [-0.39, 0.29) is 5.63 Å². The molecule has 0 aliphatic carbocycles. The van der Waals surface area contributed by atoms with Crippen LogP contribution in [0, 0.1) is 0 Å². The van der Waals surface area contributed by atoms with E-state index in [4.69, 9.17) is 16.0 Å². The van der Waals surface area contributed by atoms with E-state index in [1.165, 1.54) is 44.9 Å². The van der Waals surface area contributed by atoms with E-state index in [0.717, 1.165) is 12.8 Å². The van der Waals surface area contributed by atoms with Crippen molar-refractivity contribution in [2.45, 2.75) is 71.1 Å². The van der Waals surface area contributed by atoms with Gasteiger partial charge in [-0.1, -0.05) is 69.9 Å². The van der Waals surface area contributed by atoms with Crippen LogP contribution in [0.3, 0.4) is 0 Å². The van der Waals surface area contributed by atoms with Crippen LogP contribution in [0.1, 0.15) is 70.6 Å². The molecule has 0 aliphatic rings. The van der Waals surface area contributed by atoms with Crippen LogP contribution in [0.25, 0.3) is 10.9 Å². The van der Waals surface area contributed by atoms with Crippen molar-refractivity contribution < 1.29 is 4.42 Å². The number of fused-ring (bicyclic) bond motifs is 1. The highest BCUT2D eigenvalue weighted by molar-refractivity contribution is 6.31. The number of hydrogen-bond acceptors (Lipinski definition) is 3. The molecule has 0 radical (unpaired) electrons. The smallest absolute Gasteiger partial charge is 0.346 e. The Morgan fingerprint density at radius 2 is 1.65 bits per heavy atom. The molecule has 1 aromatic heterocycles. The molecule has 0 saturated heterocycles. The minimum Gasteiger partial charge on any atom is -0.408 e. The SMILES string of the molecule is CCCCCCCCCCCc1nc2cc(Cl)ccc2c(=O)o1. The first-order valence-corrected chi connectivity index (χ1v) is 9.18. The van der Waals surface area contributed by atoms with E-state index in [1.54, 1.807) is 18.2 Å². The van der Waals surface area contributed by atoms with Crippen molar-refractivity contribution in [2.75, 3.05) is 0 Å². The number of unbranched alkanes of at least 4 members (excludes halogenated alkanes) is 8. The molecule has 2 rings (SSSR count). The monoisotopic (exact) mass is 335 g/mol. The number of aromatic nitrogens is 1. The quantitative estimate of drug-likeness (QED) is 0.506. The van der Waals surface area contributed by atoms with Crippen LogP contribution in [0.15, 0.2) is 27.4 Å². The van der Waals surface area contributed by atoms with Gasteiger partial charge in [0.2, 0.25) is 0 Å². The molecule has 3 nitrogen and oxygen atoms in total. The number of hydrogen-bond donors (Lipinski definition) is 0. The second-order valence-electron chi connectivity index (χ2n) is 6.13. The highest BCUT2D eigenvalue weighted by atomic mass is 35.5. The molecule has 0 amide bonds. The zero-order valence-corrected chi connectivity index (χ0v) is 14.7. The Hall–Kier alpha value is -1.35. The number of nitrogens with zero attached hydrogens (tertiary/aromatic N) is 1. The van der Waals surface area contributed by atoms with E-state index >= 15 is 0 Å². The summed E-state index contributed by atoms with van der Waals surface area (Å²) in [6.07, 6.45) is 12.1. The highest BCUT2D eigenvalue weighted by Crippen LogP contribution is 2.16. The molecule has 0 aliphatic heterocycles. The summed E-state index contributed by atoms with van der Waals surface area (Å²) in [5.74, 6) is 0.521. The Labute approximate surface area is 143 Å². The largest absolute Gasteiger partial charge is 0.408 e. The summed E-state index contributed by atoms with van der Waals surface area (Å²) in [4.78, 5) is 16.3. The van der Waals surface area contributed by atoms with Gasteiger partial charge < -0.3 is 4.42 Å². The first kappa shape index (κ1) is 18.0. The molecule has 126 valence electrons. The Kier molecular flexibility index (Phi) is 7.60. The van der Waals surface area contributed by atoms with Crippen molar-refractivity contribution in [3.63, 3.8) is 0 Å². The predicted molar refractivity (Wildman–Crippen MR) is 96.2 cm³/mol. The second-order valence-corrected chi connectivity index (χ2v) is 6.57. The molecule has 1 heterocycles. The van der Waals surface area contributed by atoms with Crippen LogP contribution in [-0.4, -0.2) is 4.98 Å². The minimum absolute atomic E-state index is 0.322. The molecule has 23 heavy (non-hydrogen) atoms. The van der Waals surface area contributed by atoms with Gasteiger partial charge >= 0.3 is 5.63 Å². The molecule has 0 atom stereocenters. The lowest BCUT2D eigenvalue weighted by Gasteiger charge is -2.03. The summed E-state index contributed by atoms with van der Waals surface area (Å²) in [6, 6.07) is 5.06. The Balaban J connectivity index is 1.74. The van der Waals surface area contributed by atoms with E-state index in [9.17, 15) is 4.79 Å². The minimum atomic E-state index is -0.322. The summed E-state index contributed by atoms with van der Waals surface area (Å²) >= 11 is 5.96.